The van der Waals surface area contributed by atoms with Crippen molar-refractivity contribution in [2.24, 2.45) is 0 Å². The smallest absolute Gasteiger partial charge is 0.345 e. The molecule has 6 heteroatoms. The van der Waals surface area contributed by atoms with Gasteiger partial charge in [0.2, 0.25) is 0 Å². The lowest BCUT2D eigenvalue weighted by atomic mass is 10.3. The number of esters is 1. The lowest BCUT2D eigenvalue weighted by molar-refractivity contribution is 0.0603. The van der Waals surface area contributed by atoms with Gasteiger partial charge in [-0.3, -0.25) is 0 Å². The van der Waals surface area contributed by atoms with Gasteiger partial charge in [-0.05, 0) is 20.8 Å². The molecule has 0 saturated carbocycles. The van der Waals surface area contributed by atoms with Crippen LogP contribution < -0.4 is 11.1 Å². The van der Waals surface area contributed by atoms with Crippen LogP contribution in [0.25, 0.3) is 0 Å². The molecule has 0 fully saturated rings. The molecule has 3 N–H and O–H groups in total. The van der Waals surface area contributed by atoms with Crippen LogP contribution in [0, 0.1) is 0 Å². The van der Waals surface area contributed by atoms with Crippen LogP contribution in [-0.4, -0.2) is 29.4 Å². The van der Waals surface area contributed by atoms with Crippen LogP contribution >= 0.6 is 0 Å². The Hall–Kier alpha value is -1.72. The van der Waals surface area contributed by atoms with Gasteiger partial charge in [0.25, 0.3) is 0 Å². The van der Waals surface area contributed by atoms with E-state index in [1.54, 1.807) is 4.68 Å². The van der Waals surface area contributed by atoms with Crippen LogP contribution in [0.4, 0.5) is 11.6 Å². The van der Waals surface area contributed by atoms with Crippen molar-refractivity contribution >= 4 is 17.6 Å². The standard InChI is InChI=1S/C10H18N4O2/c1-5-12-9-7(10(15)16-4)8(11)14(13-9)6(2)3/h6H,5,11H2,1-4H3,(H,12,13). The maximum Gasteiger partial charge on any atom is 0.345 e. The Balaban J connectivity index is 3.25. The monoisotopic (exact) mass is 226 g/mol. The number of aromatic nitrogens is 2. The molecule has 0 radical (unpaired) electrons. The minimum atomic E-state index is -0.472. The quantitative estimate of drug-likeness (QED) is 0.755. The molecule has 0 aliphatic heterocycles. The van der Waals surface area contributed by atoms with Gasteiger partial charge in [-0.2, -0.15) is 5.10 Å². The largest absolute Gasteiger partial charge is 0.465 e. The van der Waals surface area contributed by atoms with Gasteiger partial charge in [-0.25, -0.2) is 9.48 Å². The van der Waals surface area contributed by atoms with Crippen LogP contribution in [0.5, 0.6) is 0 Å². The zero-order valence-electron chi connectivity index (χ0n) is 10.1. The molecule has 0 atom stereocenters. The number of nitrogens with one attached hydrogen (secondary N) is 1. The molecule has 1 rings (SSSR count). The molecule has 0 bridgehead atoms. The Morgan fingerprint density at radius 2 is 2.25 bits per heavy atom. The number of rotatable bonds is 4. The maximum absolute atomic E-state index is 11.6. The predicted molar refractivity (Wildman–Crippen MR) is 62.5 cm³/mol. The number of carbonyl (C=O) groups is 1. The number of ether oxygens (including phenoxy) is 1. The molecule has 1 heterocycles. The zero-order chi connectivity index (χ0) is 12.3. The summed E-state index contributed by atoms with van der Waals surface area (Å²) in [6.45, 7) is 6.48. The molecule has 0 aromatic carbocycles. The molecule has 0 saturated heterocycles. The molecule has 0 aliphatic rings. The highest BCUT2D eigenvalue weighted by molar-refractivity contribution is 5.99. The summed E-state index contributed by atoms with van der Waals surface area (Å²) in [6.07, 6.45) is 0. The van der Waals surface area contributed by atoms with Crippen LogP contribution in [0.2, 0.25) is 0 Å². The van der Waals surface area contributed by atoms with Crippen molar-refractivity contribution in [3.8, 4) is 0 Å². The fourth-order valence-electron chi connectivity index (χ4n) is 1.44. The summed E-state index contributed by atoms with van der Waals surface area (Å²) in [7, 11) is 1.32. The second-order valence-corrected chi connectivity index (χ2v) is 3.67. The Bertz CT molecular complexity index is 384. The number of nitrogens with zero attached hydrogens (tertiary/aromatic N) is 2. The van der Waals surface area contributed by atoms with Gasteiger partial charge in [0.05, 0.1) is 7.11 Å². The van der Waals surface area contributed by atoms with Crippen molar-refractivity contribution in [3.63, 3.8) is 0 Å². The van der Waals surface area contributed by atoms with E-state index in [9.17, 15) is 4.79 Å². The minimum Gasteiger partial charge on any atom is -0.465 e. The first-order valence-electron chi connectivity index (χ1n) is 5.23. The van der Waals surface area contributed by atoms with Gasteiger partial charge in [0.1, 0.15) is 11.4 Å². The first-order valence-corrected chi connectivity index (χ1v) is 5.23. The average molecular weight is 226 g/mol. The van der Waals surface area contributed by atoms with E-state index in [2.05, 4.69) is 15.2 Å². The Morgan fingerprint density at radius 1 is 1.62 bits per heavy atom. The average Bonchev–Trinajstić information content (AvgIpc) is 2.55. The SMILES string of the molecule is CCNc1nn(C(C)C)c(N)c1C(=O)OC. The van der Waals surface area contributed by atoms with Gasteiger partial charge in [0, 0.05) is 12.6 Å². The lowest BCUT2D eigenvalue weighted by Crippen LogP contribution is -2.10. The number of anilines is 2. The lowest BCUT2D eigenvalue weighted by Gasteiger charge is -2.06. The highest BCUT2D eigenvalue weighted by atomic mass is 16.5. The van der Waals surface area contributed by atoms with Crippen molar-refractivity contribution in [2.75, 3.05) is 24.7 Å². The van der Waals surface area contributed by atoms with E-state index in [1.165, 1.54) is 7.11 Å². The molecule has 90 valence electrons. The van der Waals surface area contributed by atoms with Crippen molar-refractivity contribution in [1.29, 1.82) is 0 Å². The first-order chi connectivity index (χ1) is 7.52. The summed E-state index contributed by atoms with van der Waals surface area (Å²) in [5.41, 5.74) is 6.18. The third-order valence-corrected chi connectivity index (χ3v) is 2.17. The van der Waals surface area contributed by atoms with Crippen molar-refractivity contribution in [2.45, 2.75) is 26.8 Å². The van der Waals surface area contributed by atoms with Crippen LogP contribution in [-0.2, 0) is 4.74 Å². The molecular weight excluding hydrogens is 208 g/mol. The Labute approximate surface area is 94.8 Å². The van der Waals surface area contributed by atoms with E-state index in [0.717, 1.165) is 0 Å². The van der Waals surface area contributed by atoms with Crippen LogP contribution in [0.3, 0.4) is 0 Å². The summed E-state index contributed by atoms with van der Waals surface area (Å²) >= 11 is 0. The highest BCUT2D eigenvalue weighted by Crippen LogP contribution is 2.25. The number of hydrogen-bond donors (Lipinski definition) is 2. The van der Waals surface area contributed by atoms with Gasteiger partial charge >= 0.3 is 5.97 Å². The summed E-state index contributed by atoms with van der Waals surface area (Å²) < 4.78 is 6.29. The van der Waals surface area contributed by atoms with Crippen molar-refractivity contribution in [3.05, 3.63) is 5.56 Å². The normalized spacial score (nSPS) is 10.6. The first kappa shape index (κ1) is 12.4. The van der Waals surface area contributed by atoms with E-state index in [-0.39, 0.29) is 6.04 Å². The fourth-order valence-corrected chi connectivity index (χ4v) is 1.44. The third-order valence-electron chi connectivity index (χ3n) is 2.17. The minimum absolute atomic E-state index is 0.0933. The fraction of sp³-hybridized carbons (Fsp3) is 0.600. The van der Waals surface area contributed by atoms with Gasteiger partial charge in [-0.1, -0.05) is 0 Å². The van der Waals surface area contributed by atoms with Crippen LogP contribution in [0.15, 0.2) is 0 Å². The van der Waals surface area contributed by atoms with E-state index < -0.39 is 5.97 Å². The van der Waals surface area contributed by atoms with Crippen molar-refractivity contribution in [1.82, 2.24) is 9.78 Å². The summed E-state index contributed by atoms with van der Waals surface area (Å²) in [4.78, 5) is 11.6. The molecular formula is C10H18N4O2. The molecule has 1 aromatic rings. The van der Waals surface area contributed by atoms with E-state index in [4.69, 9.17) is 5.73 Å². The number of carbonyl (C=O) groups excluding carboxylic acids is 1. The molecule has 0 aliphatic carbocycles. The Morgan fingerprint density at radius 3 is 2.69 bits per heavy atom. The zero-order valence-corrected chi connectivity index (χ0v) is 10.1. The number of methoxy groups -OCH3 is 1. The second-order valence-electron chi connectivity index (χ2n) is 3.67. The molecule has 0 spiro atoms. The number of nitrogen functional groups attached to an aromatic ring is 1. The van der Waals surface area contributed by atoms with E-state index in [1.807, 2.05) is 20.8 Å². The topological polar surface area (TPSA) is 82.2 Å². The van der Waals surface area contributed by atoms with Crippen molar-refractivity contribution < 1.29 is 9.53 Å². The summed E-state index contributed by atoms with van der Waals surface area (Å²) in [6, 6.07) is 0.0933. The van der Waals surface area contributed by atoms with E-state index in [0.29, 0.717) is 23.7 Å². The highest BCUT2D eigenvalue weighted by Gasteiger charge is 2.23. The van der Waals surface area contributed by atoms with Gasteiger partial charge in [0.15, 0.2) is 5.82 Å². The molecule has 0 amide bonds. The summed E-state index contributed by atoms with van der Waals surface area (Å²) in [5, 5.41) is 7.24. The van der Waals surface area contributed by atoms with Gasteiger partial charge in [-0.15, -0.1) is 0 Å². The molecule has 6 nitrogen and oxygen atoms in total. The molecule has 16 heavy (non-hydrogen) atoms. The van der Waals surface area contributed by atoms with E-state index >= 15 is 0 Å². The predicted octanol–water partition coefficient (Wildman–Crippen LogP) is 1.26. The summed E-state index contributed by atoms with van der Waals surface area (Å²) in [5.74, 6) is 0.332. The maximum atomic E-state index is 11.6. The Kier molecular flexibility index (Phi) is 3.76. The molecule has 0 unspecified atom stereocenters. The third kappa shape index (κ3) is 2.10. The second kappa shape index (κ2) is 4.87. The number of nitrogens with two attached hydrogens (primary N) is 1. The number of hydrogen-bond acceptors (Lipinski definition) is 5. The van der Waals surface area contributed by atoms with Gasteiger partial charge < -0.3 is 15.8 Å². The molecule has 1 aromatic heterocycles. The van der Waals surface area contributed by atoms with Crippen LogP contribution in [0.1, 0.15) is 37.2 Å².